The molecule has 0 bridgehead atoms. The largest absolute Gasteiger partial charge is 0.485 e. The molecule has 0 spiro atoms. The Bertz CT molecular complexity index is 1090. The first-order valence-corrected chi connectivity index (χ1v) is 10.2. The van der Waals surface area contributed by atoms with Crippen molar-refractivity contribution in [3.05, 3.63) is 81.5 Å². The quantitative estimate of drug-likeness (QED) is 0.409. The van der Waals surface area contributed by atoms with Crippen molar-refractivity contribution in [1.29, 1.82) is 0 Å². The van der Waals surface area contributed by atoms with Crippen molar-refractivity contribution in [1.82, 2.24) is 19.9 Å². The van der Waals surface area contributed by atoms with Gasteiger partial charge in [-0.05, 0) is 29.8 Å². The molecule has 3 aromatic rings. The highest BCUT2D eigenvalue weighted by Crippen LogP contribution is 2.18. The number of amides is 1. The van der Waals surface area contributed by atoms with E-state index in [-0.39, 0.29) is 23.1 Å². The number of carbonyl (C=O) groups excluding carboxylic acids is 1. The molecule has 1 aliphatic heterocycles. The van der Waals surface area contributed by atoms with E-state index in [1.807, 2.05) is 11.0 Å². The van der Waals surface area contributed by atoms with Crippen molar-refractivity contribution in [2.75, 3.05) is 26.2 Å². The lowest BCUT2D eigenvalue weighted by atomic mass is 10.1. The van der Waals surface area contributed by atoms with Crippen LogP contribution in [0.3, 0.4) is 0 Å². The van der Waals surface area contributed by atoms with Crippen molar-refractivity contribution in [2.24, 2.45) is 0 Å². The van der Waals surface area contributed by atoms with Gasteiger partial charge in [0.2, 0.25) is 11.7 Å². The predicted octanol–water partition coefficient (Wildman–Crippen LogP) is 2.82. The fourth-order valence-electron chi connectivity index (χ4n) is 3.56. The third-order valence-electron chi connectivity index (χ3n) is 5.23. The van der Waals surface area contributed by atoms with Crippen LogP contribution in [0.5, 0.6) is 5.75 Å². The van der Waals surface area contributed by atoms with Gasteiger partial charge in [-0.25, -0.2) is 0 Å². The van der Waals surface area contributed by atoms with E-state index in [4.69, 9.17) is 9.26 Å². The molecule has 0 saturated carbocycles. The lowest BCUT2D eigenvalue weighted by Crippen LogP contribution is -2.48. The molecule has 1 amide bonds. The van der Waals surface area contributed by atoms with Crippen LogP contribution in [0, 0.1) is 17.0 Å². The first kappa shape index (κ1) is 21.4. The zero-order valence-corrected chi connectivity index (χ0v) is 17.6. The van der Waals surface area contributed by atoms with Crippen molar-refractivity contribution >= 4 is 11.6 Å². The first-order chi connectivity index (χ1) is 15.5. The third-order valence-corrected chi connectivity index (χ3v) is 5.23. The number of benzene rings is 2. The Labute approximate surface area is 184 Å². The van der Waals surface area contributed by atoms with Gasteiger partial charge in [-0.15, -0.1) is 0 Å². The third kappa shape index (κ3) is 5.27. The minimum Gasteiger partial charge on any atom is -0.485 e. The summed E-state index contributed by atoms with van der Waals surface area (Å²) in [5.41, 5.74) is 1.58. The molecule has 4 rings (SSSR count). The molecule has 1 saturated heterocycles. The van der Waals surface area contributed by atoms with Crippen LogP contribution in [0.15, 0.2) is 53.1 Å². The van der Waals surface area contributed by atoms with Crippen molar-refractivity contribution in [3.8, 4) is 5.75 Å². The van der Waals surface area contributed by atoms with E-state index in [0.29, 0.717) is 55.8 Å². The molecule has 166 valence electrons. The molecule has 0 atom stereocenters. The maximum absolute atomic E-state index is 12.8. The topological polar surface area (TPSA) is 115 Å². The number of nitro benzene ring substituents is 1. The van der Waals surface area contributed by atoms with Crippen LogP contribution in [0.4, 0.5) is 5.69 Å². The number of rotatable bonds is 7. The molecule has 2 aromatic carbocycles. The Morgan fingerprint density at radius 2 is 1.91 bits per heavy atom. The van der Waals surface area contributed by atoms with Gasteiger partial charge in [-0.2, -0.15) is 4.98 Å². The van der Waals surface area contributed by atoms with E-state index < -0.39 is 0 Å². The molecular weight excluding hydrogens is 414 g/mol. The lowest BCUT2D eigenvalue weighted by Gasteiger charge is -2.34. The number of non-ortho nitro benzene ring substituents is 1. The van der Waals surface area contributed by atoms with Gasteiger partial charge in [0.1, 0.15) is 5.75 Å². The van der Waals surface area contributed by atoms with Gasteiger partial charge >= 0.3 is 0 Å². The second kappa shape index (κ2) is 9.56. The standard InChI is InChI=1S/C22H23N5O5/c1-16-23-21(24-32-16)15-31-20-7-5-18(6-8-20)22(28)26-11-9-25(10-12-26)14-17-3-2-4-19(13-17)27(29)30/h2-8,13H,9-12,14-15H2,1H3. The SMILES string of the molecule is Cc1nc(COc2ccc(C(=O)N3CCN(Cc4cccc([N+](=O)[O-])c4)CC3)cc2)no1. The predicted molar refractivity (Wildman–Crippen MR) is 114 cm³/mol. The number of hydrogen-bond donors (Lipinski definition) is 0. The number of aryl methyl sites for hydroxylation is 1. The van der Waals surface area contributed by atoms with Crippen molar-refractivity contribution in [3.63, 3.8) is 0 Å². The van der Waals surface area contributed by atoms with Crippen LogP contribution in [0.2, 0.25) is 0 Å². The van der Waals surface area contributed by atoms with Crippen LogP contribution in [0.25, 0.3) is 0 Å². The average molecular weight is 437 g/mol. The normalized spacial score (nSPS) is 14.3. The summed E-state index contributed by atoms with van der Waals surface area (Å²) in [5, 5.41) is 14.7. The van der Waals surface area contributed by atoms with Gasteiger partial charge in [0.25, 0.3) is 11.6 Å². The smallest absolute Gasteiger partial charge is 0.269 e. The summed E-state index contributed by atoms with van der Waals surface area (Å²) in [7, 11) is 0. The van der Waals surface area contributed by atoms with Gasteiger partial charge in [0.15, 0.2) is 6.61 Å². The Morgan fingerprint density at radius 1 is 1.16 bits per heavy atom. The summed E-state index contributed by atoms with van der Waals surface area (Å²) in [5.74, 6) is 1.53. The van der Waals surface area contributed by atoms with E-state index in [1.54, 1.807) is 43.3 Å². The van der Waals surface area contributed by atoms with Gasteiger partial charge in [0, 0.05) is 57.3 Å². The van der Waals surface area contributed by atoms with Gasteiger partial charge < -0.3 is 14.2 Å². The molecular formula is C22H23N5O5. The molecule has 0 radical (unpaired) electrons. The Morgan fingerprint density at radius 3 is 2.56 bits per heavy atom. The molecule has 2 heterocycles. The van der Waals surface area contributed by atoms with Gasteiger partial charge in [-0.1, -0.05) is 17.3 Å². The monoisotopic (exact) mass is 437 g/mol. The Balaban J connectivity index is 1.27. The molecule has 10 heteroatoms. The number of ether oxygens (including phenoxy) is 1. The number of carbonyl (C=O) groups is 1. The van der Waals surface area contributed by atoms with E-state index in [2.05, 4.69) is 15.0 Å². The lowest BCUT2D eigenvalue weighted by molar-refractivity contribution is -0.384. The van der Waals surface area contributed by atoms with E-state index in [0.717, 1.165) is 5.56 Å². The van der Waals surface area contributed by atoms with Crippen LogP contribution < -0.4 is 4.74 Å². The number of nitrogens with zero attached hydrogens (tertiary/aromatic N) is 5. The van der Waals surface area contributed by atoms with Crippen molar-refractivity contribution < 1.29 is 19.0 Å². The summed E-state index contributed by atoms with van der Waals surface area (Å²) in [4.78, 5) is 31.5. The van der Waals surface area contributed by atoms with Crippen LogP contribution >= 0.6 is 0 Å². The van der Waals surface area contributed by atoms with Crippen LogP contribution in [-0.2, 0) is 13.2 Å². The molecule has 10 nitrogen and oxygen atoms in total. The molecule has 1 fully saturated rings. The van der Waals surface area contributed by atoms with Crippen LogP contribution in [-0.4, -0.2) is 56.9 Å². The number of hydrogen-bond acceptors (Lipinski definition) is 8. The molecule has 0 aliphatic carbocycles. The highest BCUT2D eigenvalue weighted by molar-refractivity contribution is 5.94. The minimum absolute atomic E-state index is 0.0275. The zero-order valence-electron chi connectivity index (χ0n) is 17.6. The highest BCUT2D eigenvalue weighted by atomic mass is 16.6. The fraction of sp³-hybridized carbons (Fsp3) is 0.318. The highest BCUT2D eigenvalue weighted by Gasteiger charge is 2.22. The Hall–Kier alpha value is -3.79. The van der Waals surface area contributed by atoms with E-state index in [1.165, 1.54) is 6.07 Å². The summed E-state index contributed by atoms with van der Waals surface area (Å²) in [6, 6.07) is 13.7. The molecule has 32 heavy (non-hydrogen) atoms. The fourth-order valence-corrected chi connectivity index (χ4v) is 3.56. The number of aromatic nitrogens is 2. The number of piperazine rings is 1. The maximum Gasteiger partial charge on any atom is 0.269 e. The van der Waals surface area contributed by atoms with Crippen molar-refractivity contribution in [2.45, 2.75) is 20.1 Å². The van der Waals surface area contributed by atoms with E-state index >= 15 is 0 Å². The van der Waals surface area contributed by atoms with Gasteiger partial charge in [-0.3, -0.25) is 19.8 Å². The van der Waals surface area contributed by atoms with Crippen LogP contribution in [0.1, 0.15) is 27.6 Å². The summed E-state index contributed by atoms with van der Waals surface area (Å²) < 4.78 is 10.5. The van der Waals surface area contributed by atoms with Gasteiger partial charge in [0.05, 0.1) is 4.92 Å². The Kier molecular flexibility index (Phi) is 6.41. The maximum atomic E-state index is 12.8. The zero-order chi connectivity index (χ0) is 22.5. The minimum atomic E-state index is -0.386. The second-order valence-electron chi connectivity index (χ2n) is 7.54. The number of nitro groups is 1. The second-order valence-corrected chi connectivity index (χ2v) is 7.54. The average Bonchev–Trinajstić information content (AvgIpc) is 3.23. The molecule has 1 aliphatic rings. The van der Waals surface area contributed by atoms with E-state index in [9.17, 15) is 14.9 Å². The summed E-state index contributed by atoms with van der Waals surface area (Å²) in [6.07, 6.45) is 0. The first-order valence-electron chi connectivity index (χ1n) is 10.2. The molecule has 0 unspecified atom stereocenters. The molecule has 1 aromatic heterocycles. The summed E-state index contributed by atoms with van der Waals surface area (Å²) in [6.45, 7) is 5.14. The molecule has 0 N–H and O–H groups in total. The summed E-state index contributed by atoms with van der Waals surface area (Å²) >= 11 is 0.